The van der Waals surface area contributed by atoms with Gasteiger partial charge in [-0.25, -0.2) is 4.99 Å². The lowest BCUT2D eigenvalue weighted by molar-refractivity contribution is 0.615. The summed E-state index contributed by atoms with van der Waals surface area (Å²) >= 11 is 0. The zero-order chi connectivity index (χ0) is 13.4. The maximum absolute atomic E-state index is 4.58. The molecule has 100 valence electrons. The molecule has 0 fully saturated rings. The predicted octanol–water partition coefficient (Wildman–Crippen LogP) is 2.71. The van der Waals surface area contributed by atoms with Crippen LogP contribution in [0, 0.1) is 12.8 Å². The second kappa shape index (κ2) is 7.75. The molecule has 1 aromatic carbocycles. The third-order valence-corrected chi connectivity index (χ3v) is 2.56. The van der Waals surface area contributed by atoms with Gasteiger partial charge in [-0.3, -0.25) is 0 Å². The van der Waals surface area contributed by atoms with Gasteiger partial charge in [-0.2, -0.15) is 0 Å². The number of rotatable bonds is 5. The first-order valence-corrected chi connectivity index (χ1v) is 6.69. The van der Waals surface area contributed by atoms with Crippen LogP contribution in [0.15, 0.2) is 29.3 Å². The Kier molecular flexibility index (Phi) is 6.26. The van der Waals surface area contributed by atoms with Gasteiger partial charge in [0.05, 0.1) is 6.54 Å². The molecule has 0 bridgehead atoms. The van der Waals surface area contributed by atoms with Crippen LogP contribution < -0.4 is 10.6 Å². The molecule has 0 aliphatic carbocycles. The van der Waals surface area contributed by atoms with Gasteiger partial charge < -0.3 is 10.6 Å². The number of hydrogen-bond acceptors (Lipinski definition) is 1. The topological polar surface area (TPSA) is 36.4 Å². The van der Waals surface area contributed by atoms with Gasteiger partial charge in [0.2, 0.25) is 0 Å². The van der Waals surface area contributed by atoms with Gasteiger partial charge in [0.15, 0.2) is 5.96 Å². The molecule has 0 saturated carbocycles. The second-order valence-electron chi connectivity index (χ2n) is 4.96. The number of aliphatic imine (C=N–C) groups is 1. The molecule has 3 heteroatoms. The molecule has 0 aliphatic heterocycles. The summed E-state index contributed by atoms with van der Waals surface area (Å²) in [4.78, 5) is 4.58. The van der Waals surface area contributed by atoms with E-state index in [9.17, 15) is 0 Å². The lowest BCUT2D eigenvalue weighted by atomic mass is 10.1. The van der Waals surface area contributed by atoms with Crippen molar-refractivity contribution in [2.24, 2.45) is 10.9 Å². The third-order valence-electron chi connectivity index (χ3n) is 2.56. The first-order chi connectivity index (χ1) is 8.61. The summed E-state index contributed by atoms with van der Waals surface area (Å²) in [6, 6.07) is 8.51. The van der Waals surface area contributed by atoms with Gasteiger partial charge in [0.25, 0.3) is 0 Å². The van der Waals surface area contributed by atoms with Gasteiger partial charge >= 0.3 is 0 Å². The quantitative estimate of drug-likeness (QED) is 0.620. The van der Waals surface area contributed by atoms with Crippen molar-refractivity contribution in [3.8, 4) is 0 Å². The van der Waals surface area contributed by atoms with Gasteiger partial charge in [-0.05, 0) is 25.3 Å². The van der Waals surface area contributed by atoms with E-state index < -0.39 is 0 Å². The minimum absolute atomic E-state index is 0.619. The highest BCUT2D eigenvalue weighted by molar-refractivity contribution is 5.79. The van der Waals surface area contributed by atoms with E-state index in [-0.39, 0.29) is 0 Å². The van der Waals surface area contributed by atoms with Crippen molar-refractivity contribution < 1.29 is 0 Å². The van der Waals surface area contributed by atoms with Gasteiger partial charge in [0, 0.05) is 13.1 Å². The molecule has 0 spiro atoms. The summed E-state index contributed by atoms with van der Waals surface area (Å²) in [6.45, 7) is 11.1. The molecule has 3 nitrogen and oxygen atoms in total. The van der Waals surface area contributed by atoms with Crippen LogP contribution in [0.3, 0.4) is 0 Å². The summed E-state index contributed by atoms with van der Waals surface area (Å²) < 4.78 is 0. The second-order valence-corrected chi connectivity index (χ2v) is 4.96. The van der Waals surface area contributed by atoms with Crippen molar-refractivity contribution in [2.45, 2.75) is 34.2 Å². The molecule has 2 N–H and O–H groups in total. The van der Waals surface area contributed by atoms with Crippen molar-refractivity contribution in [3.63, 3.8) is 0 Å². The van der Waals surface area contributed by atoms with E-state index in [2.05, 4.69) is 67.6 Å². The van der Waals surface area contributed by atoms with Crippen LogP contribution >= 0.6 is 0 Å². The molecule has 0 unspecified atom stereocenters. The van der Waals surface area contributed by atoms with E-state index in [4.69, 9.17) is 0 Å². The fraction of sp³-hybridized carbons (Fsp3) is 0.533. The molecule has 0 aliphatic rings. The number of benzene rings is 1. The molecular formula is C15H25N3. The summed E-state index contributed by atoms with van der Waals surface area (Å²) in [5.74, 6) is 1.51. The minimum Gasteiger partial charge on any atom is -0.357 e. The molecule has 0 radical (unpaired) electrons. The first-order valence-electron chi connectivity index (χ1n) is 6.69. The highest BCUT2D eigenvalue weighted by Crippen LogP contribution is 2.04. The molecule has 0 atom stereocenters. The lowest BCUT2D eigenvalue weighted by Gasteiger charge is -2.12. The fourth-order valence-electron chi connectivity index (χ4n) is 1.51. The Morgan fingerprint density at radius 3 is 2.39 bits per heavy atom. The van der Waals surface area contributed by atoms with E-state index in [0.29, 0.717) is 12.5 Å². The monoisotopic (exact) mass is 247 g/mol. The Morgan fingerprint density at radius 2 is 1.83 bits per heavy atom. The average Bonchev–Trinajstić information content (AvgIpc) is 2.34. The molecule has 0 saturated heterocycles. The van der Waals surface area contributed by atoms with Crippen molar-refractivity contribution in [1.82, 2.24) is 10.6 Å². The summed E-state index contributed by atoms with van der Waals surface area (Å²) in [5, 5.41) is 6.60. The predicted molar refractivity (Wildman–Crippen MR) is 78.8 cm³/mol. The van der Waals surface area contributed by atoms with Crippen LogP contribution in [0.2, 0.25) is 0 Å². The Morgan fingerprint density at radius 1 is 1.17 bits per heavy atom. The zero-order valence-electron chi connectivity index (χ0n) is 12.0. The summed E-state index contributed by atoms with van der Waals surface area (Å²) in [5.41, 5.74) is 2.52. The zero-order valence-corrected chi connectivity index (χ0v) is 12.0. The molecule has 1 aromatic rings. The standard InChI is InChI=1S/C15H25N3/c1-5-16-15(17-10-12(2)3)18-11-14-8-6-13(4)7-9-14/h6-9,12H,5,10-11H2,1-4H3,(H2,16,17,18). The Bertz CT molecular complexity index is 366. The van der Waals surface area contributed by atoms with Crippen molar-refractivity contribution in [1.29, 1.82) is 0 Å². The van der Waals surface area contributed by atoms with Crippen LogP contribution in [0.4, 0.5) is 0 Å². The van der Waals surface area contributed by atoms with Crippen LogP contribution in [0.5, 0.6) is 0 Å². The van der Waals surface area contributed by atoms with Crippen LogP contribution in [0.25, 0.3) is 0 Å². The summed E-state index contributed by atoms with van der Waals surface area (Å²) in [6.07, 6.45) is 0. The molecule has 0 aromatic heterocycles. The van der Waals surface area contributed by atoms with E-state index in [0.717, 1.165) is 19.0 Å². The minimum atomic E-state index is 0.619. The van der Waals surface area contributed by atoms with Crippen molar-refractivity contribution in [2.75, 3.05) is 13.1 Å². The first kappa shape index (κ1) is 14.6. The normalized spacial score (nSPS) is 11.7. The average molecular weight is 247 g/mol. The Labute approximate surface area is 111 Å². The van der Waals surface area contributed by atoms with Crippen molar-refractivity contribution >= 4 is 5.96 Å². The van der Waals surface area contributed by atoms with E-state index in [1.165, 1.54) is 11.1 Å². The molecule has 1 rings (SSSR count). The van der Waals surface area contributed by atoms with E-state index >= 15 is 0 Å². The molecule has 18 heavy (non-hydrogen) atoms. The van der Waals surface area contributed by atoms with Gasteiger partial charge in [-0.1, -0.05) is 43.7 Å². The van der Waals surface area contributed by atoms with E-state index in [1.807, 2.05) is 0 Å². The lowest BCUT2D eigenvalue weighted by Crippen LogP contribution is -2.39. The maximum Gasteiger partial charge on any atom is 0.191 e. The van der Waals surface area contributed by atoms with Crippen molar-refractivity contribution in [3.05, 3.63) is 35.4 Å². The largest absolute Gasteiger partial charge is 0.357 e. The Balaban J connectivity index is 2.56. The summed E-state index contributed by atoms with van der Waals surface area (Å²) in [7, 11) is 0. The Hall–Kier alpha value is -1.51. The highest BCUT2D eigenvalue weighted by atomic mass is 15.2. The van der Waals surface area contributed by atoms with Gasteiger partial charge in [0.1, 0.15) is 0 Å². The van der Waals surface area contributed by atoms with E-state index in [1.54, 1.807) is 0 Å². The highest BCUT2D eigenvalue weighted by Gasteiger charge is 1.99. The number of hydrogen-bond donors (Lipinski definition) is 2. The van der Waals surface area contributed by atoms with Gasteiger partial charge in [-0.15, -0.1) is 0 Å². The van der Waals surface area contributed by atoms with Crippen LogP contribution in [-0.4, -0.2) is 19.0 Å². The fourth-order valence-corrected chi connectivity index (χ4v) is 1.51. The SMILES string of the molecule is CCNC(=NCc1ccc(C)cc1)NCC(C)C. The molecule has 0 amide bonds. The smallest absolute Gasteiger partial charge is 0.191 e. The number of aryl methyl sites for hydroxylation is 1. The number of guanidine groups is 1. The third kappa shape index (κ3) is 5.71. The molecular weight excluding hydrogens is 222 g/mol. The number of nitrogens with one attached hydrogen (secondary N) is 2. The number of nitrogens with zero attached hydrogens (tertiary/aromatic N) is 1. The van der Waals surface area contributed by atoms with Crippen LogP contribution in [-0.2, 0) is 6.54 Å². The molecule has 0 heterocycles. The van der Waals surface area contributed by atoms with Crippen LogP contribution in [0.1, 0.15) is 31.9 Å². The maximum atomic E-state index is 4.58.